The Kier molecular flexibility index (Phi) is 6.04. The standard InChI is InChI=1S/C11H21N3O3S.ClH/c1-12-10-4-2-5-13(8-10)11(15)9-14-6-3-7-18(14,16)17;/h10,12H,2-9H2,1H3;1H. The molecule has 2 rings (SSSR count). The number of nitrogens with zero attached hydrogens (tertiary/aromatic N) is 2. The van der Waals surface area contributed by atoms with Crippen molar-refractivity contribution in [1.29, 1.82) is 0 Å². The Morgan fingerprint density at radius 2 is 2.05 bits per heavy atom. The van der Waals surface area contributed by atoms with Crippen LogP contribution in [-0.2, 0) is 14.8 Å². The molecule has 2 aliphatic heterocycles. The molecule has 2 heterocycles. The minimum atomic E-state index is -3.17. The molecule has 0 aromatic heterocycles. The highest BCUT2D eigenvalue weighted by atomic mass is 35.5. The Labute approximate surface area is 121 Å². The molecule has 1 amide bonds. The third-order valence-electron chi connectivity index (χ3n) is 3.70. The molecule has 0 aliphatic carbocycles. The van der Waals surface area contributed by atoms with Crippen molar-refractivity contribution in [2.75, 3.05) is 39.0 Å². The number of likely N-dealkylation sites (N-methyl/N-ethyl adjacent to an activating group) is 1. The lowest BCUT2D eigenvalue weighted by Gasteiger charge is -2.33. The van der Waals surface area contributed by atoms with Gasteiger partial charge in [-0.2, -0.15) is 4.31 Å². The van der Waals surface area contributed by atoms with Crippen molar-refractivity contribution in [1.82, 2.24) is 14.5 Å². The van der Waals surface area contributed by atoms with Crippen molar-refractivity contribution in [3.05, 3.63) is 0 Å². The summed E-state index contributed by atoms with van der Waals surface area (Å²) in [7, 11) is -1.28. The fourth-order valence-corrected chi connectivity index (χ4v) is 4.03. The fraction of sp³-hybridized carbons (Fsp3) is 0.909. The van der Waals surface area contributed by atoms with Crippen LogP contribution in [0.5, 0.6) is 0 Å². The van der Waals surface area contributed by atoms with E-state index in [-0.39, 0.29) is 30.6 Å². The van der Waals surface area contributed by atoms with Gasteiger partial charge in [0.1, 0.15) is 0 Å². The summed E-state index contributed by atoms with van der Waals surface area (Å²) in [4.78, 5) is 13.9. The van der Waals surface area contributed by atoms with Gasteiger partial charge in [0.15, 0.2) is 0 Å². The van der Waals surface area contributed by atoms with Gasteiger partial charge < -0.3 is 10.2 Å². The average Bonchev–Trinajstić information content (AvgIpc) is 2.69. The average molecular weight is 312 g/mol. The van der Waals surface area contributed by atoms with Gasteiger partial charge in [0.2, 0.25) is 15.9 Å². The highest BCUT2D eigenvalue weighted by molar-refractivity contribution is 7.89. The molecule has 6 nitrogen and oxygen atoms in total. The zero-order valence-electron chi connectivity index (χ0n) is 11.2. The normalized spacial score (nSPS) is 27.0. The largest absolute Gasteiger partial charge is 0.340 e. The summed E-state index contributed by atoms with van der Waals surface area (Å²) in [5.74, 6) is 0.111. The lowest BCUT2D eigenvalue weighted by atomic mass is 10.1. The minimum Gasteiger partial charge on any atom is -0.340 e. The smallest absolute Gasteiger partial charge is 0.237 e. The molecule has 1 N–H and O–H groups in total. The van der Waals surface area contributed by atoms with Gasteiger partial charge in [-0.3, -0.25) is 4.79 Å². The van der Waals surface area contributed by atoms with Crippen LogP contribution in [0.25, 0.3) is 0 Å². The zero-order chi connectivity index (χ0) is 13.2. The van der Waals surface area contributed by atoms with Crippen LogP contribution < -0.4 is 5.32 Å². The molecule has 0 aromatic carbocycles. The molecular formula is C11H22ClN3O3S. The highest BCUT2D eigenvalue weighted by Crippen LogP contribution is 2.15. The van der Waals surface area contributed by atoms with Crippen LogP contribution in [0.2, 0.25) is 0 Å². The first-order valence-corrected chi connectivity index (χ1v) is 8.07. The molecule has 0 bridgehead atoms. The number of amides is 1. The quantitative estimate of drug-likeness (QED) is 0.774. The highest BCUT2D eigenvalue weighted by Gasteiger charge is 2.32. The van der Waals surface area contributed by atoms with Crippen LogP contribution in [0.15, 0.2) is 0 Å². The number of rotatable bonds is 3. The van der Waals surface area contributed by atoms with Crippen LogP contribution >= 0.6 is 12.4 Å². The van der Waals surface area contributed by atoms with E-state index in [1.807, 2.05) is 7.05 Å². The van der Waals surface area contributed by atoms with Gasteiger partial charge in [-0.25, -0.2) is 8.42 Å². The number of likely N-dealkylation sites (tertiary alicyclic amines) is 1. The first-order valence-electron chi connectivity index (χ1n) is 6.46. The van der Waals surface area contributed by atoms with Crippen LogP contribution in [-0.4, -0.2) is 68.6 Å². The third-order valence-corrected chi connectivity index (χ3v) is 5.60. The second kappa shape index (κ2) is 6.88. The molecule has 2 fully saturated rings. The maximum Gasteiger partial charge on any atom is 0.237 e. The number of hydrogen-bond acceptors (Lipinski definition) is 4. The Hall–Kier alpha value is -0.370. The molecule has 8 heteroatoms. The zero-order valence-corrected chi connectivity index (χ0v) is 12.8. The van der Waals surface area contributed by atoms with E-state index in [4.69, 9.17) is 0 Å². The van der Waals surface area contributed by atoms with E-state index in [1.54, 1.807) is 4.90 Å². The first-order chi connectivity index (χ1) is 8.53. The van der Waals surface area contributed by atoms with Gasteiger partial charge in [-0.15, -0.1) is 12.4 Å². The molecular weight excluding hydrogens is 290 g/mol. The summed E-state index contributed by atoms with van der Waals surface area (Å²) < 4.78 is 24.6. The number of nitrogens with one attached hydrogen (secondary N) is 1. The van der Waals surface area contributed by atoms with Crippen LogP contribution in [0.3, 0.4) is 0 Å². The molecule has 112 valence electrons. The molecule has 2 aliphatic rings. The molecule has 0 spiro atoms. The minimum absolute atomic E-state index is 0. The van der Waals surface area contributed by atoms with E-state index < -0.39 is 10.0 Å². The fourth-order valence-electron chi connectivity index (χ4n) is 2.56. The summed E-state index contributed by atoms with van der Waals surface area (Å²) >= 11 is 0. The van der Waals surface area contributed by atoms with E-state index in [1.165, 1.54) is 4.31 Å². The van der Waals surface area contributed by atoms with Crippen molar-refractivity contribution in [2.45, 2.75) is 25.3 Å². The van der Waals surface area contributed by atoms with Crippen LogP contribution in [0.1, 0.15) is 19.3 Å². The Bertz CT molecular complexity index is 415. The Balaban J connectivity index is 0.00000180. The second-order valence-corrected chi connectivity index (χ2v) is 7.06. The second-order valence-electron chi connectivity index (χ2n) is 4.97. The molecule has 0 saturated carbocycles. The van der Waals surface area contributed by atoms with Crippen LogP contribution in [0.4, 0.5) is 0 Å². The third kappa shape index (κ3) is 4.05. The van der Waals surface area contributed by atoms with Crippen molar-refractivity contribution >= 4 is 28.3 Å². The van der Waals surface area contributed by atoms with Gasteiger partial charge in [0.25, 0.3) is 0 Å². The maximum absolute atomic E-state index is 12.1. The summed E-state index contributed by atoms with van der Waals surface area (Å²) in [6, 6.07) is 0.331. The van der Waals surface area contributed by atoms with Crippen molar-refractivity contribution in [2.24, 2.45) is 0 Å². The molecule has 1 atom stereocenters. The van der Waals surface area contributed by atoms with Gasteiger partial charge in [0, 0.05) is 25.7 Å². The van der Waals surface area contributed by atoms with Gasteiger partial charge in [-0.05, 0) is 26.3 Å². The summed E-state index contributed by atoms with van der Waals surface area (Å²) in [6.07, 6.45) is 2.68. The lowest BCUT2D eigenvalue weighted by Crippen LogP contribution is -2.50. The number of piperidine rings is 1. The molecule has 1 unspecified atom stereocenters. The number of carbonyl (C=O) groups is 1. The maximum atomic E-state index is 12.1. The predicted octanol–water partition coefficient (Wildman–Crippen LogP) is -0.346. The predicted molar refractivity (Wildman–Crippen MR) is 75.9 cm³/mol. The van der Waals surface area contributed by atoms with Crippen molar-refractivity contribution in [3.8, 4) is 0 Å². The van der Waals surface area contributed by atoms with Crippen molar-refractivity contribution < 1.29 is 13.2 Å². The summed E-state index contributed by atoms with van der Waals surface area (Å²) in [5, 5.41) is 3.17. The monoisotopic (exact) mass is 311 g/mol. The first kappa shape index (κ1) is 16.7. The SMILES string of the molecule is CNC1CCCN(C(=O)CN2CCCS2(=O)=O)C1.Cl. The Morgan fingerprint density at radius 3 is 2.63 bits per heavy atom. The van der Waals surface area contributed by atoms with E-state index in [0.29, 0.717) is 25.6 Å². The summed E-state index contributed by atoms with van der Waals surface area (Å²) in [5.41, 5.74) is 0. The van der Waals surface area contributed by atoms with Gasteiger partial charge in [-0.1, -0.05) is 0 Å². The molecule has 19 heavy (non-hydrogen) atoms. The molecule has 0 aromatic rings. The van der Waals surface area contributed by atoms with Gasteiger partial charge >= 0.3 is 0 Å². The lowest BCUT2D eigenvalue weighted by molar-refractivity contribution is -0.132. The Morgan fingerprint density at radius 1 is 1.32 bits per heavy atom. The molecule has 2 saturated heterocycles. The number of hydrogen-bond donors (Lipinski definition) is 1. The van der Waals surface area contributed by atoms with E-state index in [2.05, 4.69) is 5.32 Å². The number of sulfonamides is 1. The van der Waals surface area contributed by atoms with E-state index >= 15 is 0 Å². The number of halogens is 1. The summed E-state index contributed by atoms with van der Waals surface area (Å²) in [6.45, 7) is 1.92. The van der Waals surface area contributed by atoms with Gasteiger partial charge in [0.05, 0.1) is 12.3 Å². The van der Waals surface area contributed by atoms with Crippen LogP contribution in [0, 0.1) is 0 Å². The van der Waals surface area contributed by atoms with E-state index in [0.717, 1.165) is 19.4 Å². The van der Waals surface area contributed by atoms with E-state index in [9.17, 15) is 13.2 Å². The number of carbonyl (C=O) groups excluding carboxylic acids is 1. The van der Waals surface area contributed by atoms with Crippen molar-refractivity contribution in [3.63, 3.8) is 0 Å². The molecule has 0 radical (unpaired) electrons. The topological polar surface area (TPSA) is 69.7 Å².